The summed E-state index contributed by atoms with van der Waals surface area (Å²) >= 11 is 0. The fourth-order valence-electron chi connectivity index (χ4n) is 4.19. The molecule has 1 amide bonds. The Kier molecular flexibility index (Phi) is 4.01. The summed E-state index contributed by atoms with van der Waals surface area (Å²) in [5.74, 6) is 1.19. The first-order valence-corrected chi connectivity index (χ1v) is 8.15. The Hall–Kier alpha value is -1.38. The molecule has 2 nitrogen and oxygen atoms in total. The zero-order valence-corrected chi connectivity index (χ0v) is 12.9. The molecule has 0 bridgehead atoms. The van der Waals surface area contributed by atoms with Crippen LogP contribution in [0.5, 0.6) is 0 Å². The fourth-order valence-corrected chi connectivity index (χ4v) is 4.19. The molecule has 114 valence electrons. The molecule has 1 saturated heterocycles. The zero-order valence-electron chi connectivity index (χ0n) is 12.9. The number of nitrogens with zero attached hydrogens (tertiary/aromatic N) is 1. The summed E-state index contributed by atoms with van der Waals surface area (Å²) in [6.45, 7) is 4.99. The quantitative estimate of drug-likeness (QED) is 0.759. The summed E-state index contributed by atoms with van der Waals surface area (Å²) in [5, 5.41) is 0. The summed E-state index contributed by atoms with van der Waals surface area (Å²) in [6, 6.07) is 4.88. The van der Waals surface area contributed by atoms with Gasteiger partial charge in [0.25, 0.3) is 5.91 Å². The number of rotatable bonds is 1. The van der Waals surface area contributed by atoms with E-state index in [1.165, 1.54) is 31.4 Å². The van der Waals surface area contributed by atoms with Crippen LogP contribution in [-0.2, 0) is 0 Å². The van der Waals surface area contributed by atoms with E-state index in [0.29, 0.717) is 23.4 Å². The second kappa shape index (κ2) is 5.78. The molecule has 0 N–H and O–H groups in total. The molecular formula is C18H24FNO. The highest BCUT2D eigenvalue weighted by Crippen LogP contribution is 2.39. The number of fused-ring (bicyclic) bond motifs is 1. The maximum absolute atomic E-state index is 13.2. The lowest BCUT2D eigenvalue weighted by molar-refractivity contribution is 0.0217. The summed E-state index contributed by atoms with van der Waals surface area (Å²) in [5.41, 5.74) is 1.40. The molecule has 3 unspecified atom stereocenters. The second-order valence-corrected chi connectivity index (χ2v) is 6.74. The third-order valence-electron chi connectivity index (χ3n) is 5.42. The molecule has 2 fully saturated rings. The van der Waals surface area contributed by atoms with Crippen molar-refractivity contribution in [2.45, 2.75) is 52.0 Å². The summed E-state index contributed by atoms with van der Waals surface area (Å²) in [4.78, 5) is 15.0. The van der Waals surface area contributed by atoms with Crippen LogP contribution < -0.4 is 0 Å². The third kappa shape index (κ3) is 2.70. The first-order chi connectivity index (χ1) is 10.1. The Labute approximate surface area is 126 Å². The molecule has 3 rings (SSSR count). The lowest BCUT2D eigenvalue weighted by Crippen LogP contribution is -2.52. The molecule has 0 radical (unpaired) electrons. The summed E-state index contributed by atoms with van der Waals surface area (Å²) < 4.78 is 13.2. The smallest absolute Gasteiger partial charge is 0.254 e. The highest BCUT2D eigenvalue weighted by Gasteiger charge is 2.39. The standard InChI is InChI=1S/C18H24FNO/c1-12-9-10-20(17-6-4-3-5-15(12)17)18(21)16-8-7-14(19)11-13(16)2/h7-8,11-12,15,17H,3-6,9-10H2,1-2H3. The van der Waals surface area contributed by atoms with E-state index in [1.807, 2.05) is 6.92 Å². The van der Waals surface area contributed by atoms with E-state index in [4.69, 9.17) is 0 Å². The molecule has 0 aromatic heterocycles. The first kappa shape index (κ1) is 14.6. The molecule has 21 heavy (non-hydrogen) atoms. The number of carbonyl (C=O) groups is 1. The van der Waals surface area contributed by atoms with Crippen molar-refractivity contribution in [3.63, 3.8) is 0 Å². The number of aryl methyl sites for hydroxylation is 1. The van der Waals surface area contributed by atoms with E-state index in [9.17, 15) is 9.18 Å². The summed E-state index contributed by atoms with van der Waals surface area (Å²) in [6.07, 6.45) is 5.98. The molecule has 1 aliphatic carbocycles. The van der Waals surface area contributed by atoms with Crippen molar-refractivity contribution in [3.8, 4) is 0 Å². The van der Waals surface area contributed by atoms with Crippen LogP contribution in [0.15, 0.2) is 18.2 Å². The van der Waals surface area contributed by atoms with E-state index in [0.717, 1.165) is 24.9 Å². The van der Waals surface area contributed by atoms with Crippen LogP contribution in [-0.4, -0.2) is 23.4 Å². The largest absolute Gasteiger partial charge is 0.335 e. The van der Waals surface area contributed by atoms with E-state index in [2.05, 4.69) is 11.8 Å². The van der Waals surface area contributed by atoms with Crippen LogP contribution in [0.2, 0.25) is 0 Å². The Morgan fingerprint density at radius 1 is 1.24 bits per heavy atom. The van der Waals surface area contributed by atoms with Gasteiger partial charge < -0.3 is 4.90 Å². The predicted octanol–water partition coefficient (Wildman–Crippen LogP) is 4.17. The van der Waals surface area contributed by atoms with Gasteiger partial charge in [-0.05, 0) is 61.8 Å². The minimum absolute atomic E-state index is 0.0938. The first-order valence-electron chi connectivity index (χ1n) is 8.15. The predicted molar refractivity (Wildman–Crippen MR) is 81.7 cm³/mol. The van der Waals surface area contributed by atoms with Crippen LogP contribution in [0.25, 0.3) is 0 Å². The van der Waals surface area contributed by atoms with Gasteiger partial charge in [-0.15, -0.1) is 0 Å². The van der Waals surface area contributed by atoms with Gasteiger partial charge in [-0.1, -0.05) is 19.8 Å². The van der Waals surface area contributed by atoms with Gasteiger partial charge >= 0.3 is 0 Å². The molecule has 0 spiro atoms. The van der Waals surface area contributed by atoms with E-state index in [-0.39, 0.29) is 11.7 Å². The minimum atomic E-state index is -0.271. The molecular weight excluding hydrogens is 265 g/mol. The van der Waals surface area contributed by atoms with Gasteiger partial charge in [0.2, 0.25) is 0 Å². The van der Waals surface area contributed by atoms with Crippen molar-refractivity contribution in [2.75, 3.05) is 6.54 Å². The number of piperidine rings is 1. The number of benzene rings is 1. The normalized spacial score (nSPS) is 29.1. The van der Waals surface area contributed by atoms with Crippen molar-refractivity contribution < 1.29 is 9.18 Å². The summed E-state index contributed by atoms with van der Waals surface area (Å²) in [7, 11) is 0. The van der Waals surface area contributed by atoms with Crippen molar-refractivity contribution in [1.82, 2.24) is 4.90 Å². The molecule has 1 aliphatic heterocycles. The SMILES string of the molecule is Cc1cc(F)ccc1C(=O)N1CCC(C)C2CCCCC21. The van der Waals surface area contributed by atoms with Gasteiger partial charge in [-0.25, -0.2) is 4.39 Å². The molecule has 1 heterocycles. The lowest BCUT2D eigenvalue weighted by atomic mass is 9.72. The van der Waals surface area contributed by atoms with E-state index >= 15 is 0 Å². The van der Waals surface area contributed by atoms with E-state index < -0.39 is 0 Å². The average Bonchev–Trinajstić information content (AvgIpc) is 2.47. The number of likely N-dealkylation sites (tertiary alicyclic amines) is 1. The maximum atomic E-state index is 13.2. The van der Waals surface area contributed by atoms with Crippen molar-refractivity contribution in [2.24, 2.45) is 11.8 Å². The lowest BCUT2D eigenvalue weighted by Gasteiger charge is -2.47. The van der Waals surface area contributed by atoms with Gasteiger partial charge in [0, 0.05) is 18.2 Å². The fraction of sp³-hybridized carbons (Fsp3) is 0.611. The maximum Gasteiger partial charge on any atom is 0.254 e. The topological polar surface area (TPSA) is 20.3 Å². The van der Waals surface area contributed by atoms with Gasteiger partial charge in [0.15, 0.2) is 0 Å². The van der Waals surface area contributed by atoms with Crippen LogP contribution in [0.4, 0.5) is 4.39 Å². The zero-order chi connectivity index (χ0) is 15.0. The van der Waals surface area contributed by atoms with Crippen molar-refractivity contribution in [1.29, 1.82) is 0 Å². The molecule has 1 saturated carbocycles. The van der Waals surface area contributed by atoms with Crippen LogP contribution in [0.1, 0.15) is 54.9 Å². The highest BCUT2D eigenvalue weighted by atomic mass is 19.1. The Morgan fingerprint density at radius 3 is 2.76 bits per heavy atom. The number of halogens is 1. The second-order valence-electron chi connectivity index (χ2n) is 6.74. The third-order valence-corrected chi connectivity index (χ3v) is 5.42. The van der Waals surface area contributed by atoms with Gasteiger partial charge in [0.05, 0.1) is 0 Å². The van der Waals surface area contributed by atoms with Crippen molar-refractivity contribution in [3.05, 3.63) is 35.1 Å². The van der Waals surface area contributed by atoms with Crippen LogP contribution >= 0.6 is 0 Å². The Bertz CT molecular complexity index is 542. The number of hydrogen-bond acceptors (Lipinski definition) is 1. The highest BCUT2D eigenvalue weighted by molar-refractivity contribution is 5.96. The molecule has 1 aromatic carbocycles. The monoisotopic (exact) mass is 289 g/mol. The van der Waals surface area contributed by atoms with Crippen molar-refractivity contribution >= 4 is 5.91 Å². The number of hydrogen-bond donors (Lipinski definition) is 0. The number of amides is 1. The van der Waals surface area contributed by atoms with Gasteiger partial charge in [-0.3, -0.25) is 4.79 Å². The molecule has 3 heteroatoms. The average molecular weight is 289 g/mol. The number of carbonyl (C=O) groups excluding carboxylic acids is 1. The molecule has 3 atom stereocenters. The van der Waals surface area contributed by atoms with Gasteiger partial charge in [-0.2, -0.15) is 0 Å². The van der Waals surface area contributed by atoms with Crippen LogP contribution in [0, 0.1) is 24.6 Å². The Morgan fingerprint density at radius 2 is 2.00 bits per heavy atom. The van der Waals surface area contributed by atoms with Gasteiger partial charge in [0.1, 0.15) is 5.82 Å². The molecule has 2 aliphatic rings. The van der Waals surface area contributed by atoms with Crippen LogP contribution in [0.3, 0.4) is 0 Å². The van der Waals surface area contributed by atoms with E-state index in [1.54, 1.807) is 6.07 Å². The Balaban J connectivity index is 1.86. The minimum Gasteiger partial charge on any atom is -0.335 e. The molecule has 1 aromatic rings.